The van der Waals surface area contributed by atoms with Crippen LogP contribution in [0.5, 0.6) is 0 Å². The number of carbonyl (C=O) groups is 3. The molecule has 0 spiro atoms. The fourth-order valence-electron chi connectivity index (χ4n) is 3.74. The number of likely N-dealkylation sites (N-methyl/N-ethyl adjacent to an activating group) is 1. The maximum atomic E-state index is 13.3. The zero-order chi connectivity index (χ0) is 23.2. The second-order valence-electron chi connectivity index (χ2n) is 9.45. The molecule has 0 aliphatic heterocycles. The van der Waals surface area contributed by atoms with Gasteiger partial charge < -0.3 is 20.3 Å². The second-order valence-corrected chi connectivity index (χ2v) is 9.45. The van der Waals surface area contributed by atoms with Crippen LogP contribution in [0.4, 0.5) is 4.79 Å². The molecule has 7 heteroatoms. The summed E-state index contributed by atoms with van der Waals surface area (Å²) in [7, 11) is 1.60. The predicted molar refractivity (Wildman–Crippen MR) is 121 cm³/mol. The molecule has 0 heterocycles. The van der Waals surface area contributed by atoms with E-state index in [9.17, 15) is 14.4 Å². The summed E-state index contributed by atoms with van der Waals surface area (Å²) in [6.07, 6.45) is 4.67. The van der Waals surface area contributed by atoms with Gasteiger partial charge in [-0.1, -0.05) is 37.5 Å². The molecular weight excluding hydrogens is 394 g/mol. The van der Waals surface area contributed by atoms with Crippen LogP contribution in [0.25, 0.3) is 0 Å². The summed E-state index contributed by atoms with van der Waals surface area (Å²) in [6.45, 7) is 9.02. The Bertz CT molecular complexity index is 795. The number of amides is 3. The summed E-state index contributed by atoms with van der Waals surface area (Å²) in [5.41, 5.74) is 2.28. The average molecular weight is 432 g/mol. The molecule has 1 saturated carbocycles. The zero-order valence-corrected chi connectivity index (χ0v) is 19.7. The monoisotopic (exact) mass is 431 g/mol. The van der Waals surface area contributed by atoms with Crippen molar-refractivity contribution in [2.75, 3.05) is 13.6 Å². The summed E-state index contributed by atoms with van der Waals surface area (Å²) in [5, 5.41) is 5.62. The maximum Gasteiger partial charge on any atom is 0.408 e. The largest absolute Gasteiger partial charge is 0.444 e. The Morgan fingerprint density at radius 3 is 2.32 bits per heavy atom. The van der Waals surface area contributed by atoms with E-state index in [0.29, 0.717) is 0 Å². The SMILES string of the molecule is Cc1ccc(C(C(=O)NC2CCCCC2)N(C)C(=O)CNC(=O)OC(C)(C)C)cc1C. The zero-order valence-electron chi connectivity index (χ0n) is 19.7. The molecule has 31 heavy (non-hydrogen) atoms. The van der Waals surface area contributed by atoms with Gasteiger partial charge in [0.25, 0.3) is 0 Å². The second kappa shape index (κ2) is 10.6. The van der Waals surface area contributed by atoms with Crippen LogP contribution < -0.4 is 10.6 Å². The first-order chi connectivity index (χ1) is 14.5. The number of alkyl carbamates (subject to hydrolysis) is 1. The number of nitrogens with zero attached hydrogens (tertiary/aromatic N) is 1. The molecule has 1 aliphatic carbocycles. The average Bonchev–Trinajstić information content (AvgIpc) is 2.68. The molecule has 7 nitrogen and oxygen atoms in total. The fourth-order valence-corrected chi connectivity index (χ4v) is 3.74. The van der Waals surface area contributed by atoms with Gasteiger partial charge >= 0.3 is 6.09 Å². The third-order valence-electron chi connectivity index (χ3n) is 5.61. The molecule has 1 fully saturated rings. The molecule has 0 saturated heterocycles. The van der Waals surface area contributed by atoms with Crippen LogP contribution in [-0.2, 0) is 14.3 Å². The van der Waals surface area contributed by atoms with Crippen molar-refractivity contribution < 1.29 is 19.1 Å². The van der Waals surface area contributed by atoms with E-state index in [1.165, 1.54) is 11.3 Å². The minimum atomic E-state index is -0.769. The summed E-state index contributed by atoms with van der Waals surface area (Å²) < 4.78 is 5.19. The van der Waals surface area contributed by atoms with Crippen molar-refractivity contribution >= 4 is 17.9 Å². The van der Waals surface area contributed by atoms with E-state index < -0.39 is 17.7 Å². The van der Waals surface area contributed by atoms with Crippen molar-refractivity contribution in [3.05, 3.63) is 34.9 Å². The minimum absolute atomic E-state index is 0.138. The van der Waals surface area contributed by atoms with E-state index in [1.807, 2.05) is 32.0 Å². The predicted octanol–water partition coefficient (Wildman–Crippen LogP) is 3.78. The highest BCUT2D eigenvalue weighted by molar-refractivity contribution is 5.90. The van der Waals surface area contributed by atoms with Crippen LogP contribution in [0.3, 0.4) is 0 Å². The first-order valence-corrected chi connectivity index (χ1v) is 11.1. The first-order valence-electron chi connectivity index (χ1n) is 11.1. The molecule has 3 amide bonds. The third-order valence-corrected chi connectivity index (χ3v) is 5.61. The van der Waals surface area contributed by atoms with Gasteiger partial charge in [0.2, 0.25) is 11.8 Å². The van der Waals surface area contributed by atoms with Gasteiger partial charge in [-0.05, 0) is 64.2 Å². The molecule has 2 N–H and O–H groups in total. The molecule has 2 rings (SSSR count). The van der Waals surface area contributed by atoms with Gasteiger partial charge in [0.05, 0.1) is 0 Å². The van der Waals surface area contributed by atoms with E-state index in [1.54, 1.807) is 27.8 Å². The maximum absolute atomic E-state index is 13.3. The fraction of sp³-hybridized carbons (Fsp3) is 0.625. The number of nitrogens with one attached hydrogen (secondary N) is 2. The summed E-state index contributed by atoms with van der Waals surface area (Å²) >= 11 is 0. The molecule has 0 aromatic heterocycles. The van der Waals surface area contributed by atoms with Gasteiger partial charge in [-0.25, -0.2) is 4.79 Å². The molecule has 1 atom stereocenters. The smallest absolute Gasteiger partial charge is 0.408 e. The van der Waals surface area contributed by atoms with Crippen LogP contribution in [0.2, 0.25) is 0 Å². The van der Waals surface area contributed by atoms with Crippen molar-refractivity contribution in [2.45, 2.75) is 84.4 Å². The van der Waals surface area contributed by atoms with Gasteiger partial charge in [-0.3, -0.25) is 9.59 Å². The third kappa shape index (κ3) is 7.56. The van der Waals surface area contributed by atoms with Crippen molar-refractivity contribution in [1.29, 1.82) is 0 Å². The summed E-state index contributed by atoms with van der Waals surface area (Å²) in [6, 6.07) is 5.17. The van der Waals surface area contributed by atoms with Gasteiger partial charge in [0.15, 0.2) is 0 Å². The molecule has 0 radical (unpaired) electrons. The van der Waals surface area contributed by atoms with E-state index in [2.05, 4.69) is 10.6 Å². The molecule has 1 unspecified atom stereocenters. The number of ether oxygens (including phenoxy) is 1. The summed E-state index contributed by atoms with van der Waals surface area (Å²) in [5.74, 6) is -0.559. The Morgan fingerprint density at radius 2 is 1.74 bits per heavy atom. The van der Waals surface area contributed by atoms with Crippen LogP contribution in [0.1, 0.15) is 75.6 Å². The quantitative estimate of drug-likeness (QED) is 0.718. The Kier molecular flexibility index (Phi) is 8.48. The van der Waals surface area contributed by atoms with Crippen molar-refractivity contribution in [3.63, 3.8) is 0 Å². The number of hydrogen-bond donors (Lipinski definition) is 2. The standard InChI is InChI=1S/C24H37N3O4/c1-16-12-13-18(14-17(16)2)21(22(29)26-19-10-8-7-9-11-19)27(6)20(28)15-25-23(30)31-24(3,4)5/h12-14,19,21H,7-11,15H2,1-6H3,(H,25,30)(H,26,29). The molecule has 1 aromatic rings. The van der Waals surface area contributed by atoms with Crippen molar-refractivity contribution in [2.24, 2.45) is 0 Å². The Balaban J connectivity index is 2.15. The Morgan fingerprint density at radius 1 is 1.10 bits per heavy atom. The van der Waals surface area contributed by atoms with Gasteiger partial charge in [0, 0.05) is 13.1 Å². The topological polar surface area (TPSA) is 87.7 Å². The molecule has 1 aromatic carbocycles. The van der Waals surface area contributed by atoms with Crippen molar-refractivity contribution in [1.82, 2.24) is 15.5 Å². The van der Waals surface area contributed by atoms with Gasteiger partial charge in [-0.15, -0.1) is 0 Å². The van der Waals surface area contributed by atoms with Crippen LogP contribution in [0, 0.1) is 13.8 Å². The highest BCUT2D eigenvalue weighted by Gasteiger charge is 2.31. The van der Waals surface area contributed by atoms with Gasteiger partial charge in [-0.2, -0.15) is 0 Å². The Hall–Kier alpha value is -2.57. The van der Waals surface area contributed by atoms with Gasteiger partial charge in [0.1, 0.15) is 18.2 Å². The molecule has 172 valence electrons. The number of benzene rings is 1. The number of hydrogen-bond acceptors (Lipinski definition) is 4. The number of rotatable bonds is 6. The van der Waals surface area contributed by atoms with E-state index in [-0.39, 0.29) is 24.4 Å². The lowest BCUT2D eigenvalue weighted by molar-refractivity contribution is -0.139. The van der Waals surface area contributed by atoms with Crippen molar-refractivity contribution in [3.8, 4) is 0 Å². The normalized spacial score (nSPS) is 15.7. The first kappa shape index (κ1) is 24.7. The highest BCUT2D eigenvalue weighted by atomic mass is 16.6. The number of carbonyl (C=O) groups excluding carboxylic acids is 3. The molecule has 1 aliphatic rings. The van der Waals surface area contributed by atoms with Crippen LogP contribution in [-0.4, -0.2) is 48.0 Å². The number of aryl methyl sites for hydroxylation is 2. The highest BCUT2D eigenvalue weighted by Crippen LogP contribution is 2.24. The summed E-state index contributed by atoms with van der Waals surface area (Å²) in [4.78, 5) is 39.4. The van der Waals surface area contributed by atoms with E-state index >= 15 is 0 Å². The minimum Gasteiger partial charge on any atom is -0.444 e. The lowest BCUT2D eigenvalue weighted by atomic mass is 9.94. The van der Waals surface area contributed by atoms with Crippen LogP contribution in [0.15, 0.2) is 18.2 Å². The molecular formula is C24H37N3O4. The lowest BCUT2D eigenvalue weighted by Crippen LogP contribution is -2.48. The molecule has 0 bridgehead atoms. The van der Waals surface area contributed by atoms with E-state index in [4.69, 9.17) is 4.74 Å². The Labute approximate surface area is 185 Å². The lowest BCUT2D eigenvalue weighted by Gasteiger charge is -2.31. The van der Waals surface area contributed by atoms with Crippen LogP contribution >= 0.6 is 0 Å². The van der Waals surface area contributed by atoms with E-state index in [0.717, 1.165) is 42.4 Å².